The summed E-state index contributed by atoms with van der Waals surface area (Å²) in [5.74, 6) is 7.77. The van der Waals surface area contributed by atoms with Crippen LogP contribution in [0.15, 0.2) is 24.8 Å². The van der Waals surface area contributed by atoms with E-state index in [0.717, 1.165) is 5.56 Å². The molecule has 0 atom stereocenters. The number of hydrogen-bond acceptors (Lipinski definition) is 3. The molecule has 3 heteroatoms. The molecule has 0 saturated carbocycles. The Balaban J connectivity index is 3.18. The van der Waals surface area contributed by atoms with Crippen LogP contribution in [0.5, 0.6) is 17.2 Å². The van der Waals surface area contributed by atoms with Crippen LogP contribution < -0.4 is 14.2 Å². The number of rotatable bonds is 4. The molecule has 0 fully saturated rings. The van der Waals surface area contributed by atoms with Gasteiger partial charge in [-0.3, -0.25) is 0 Å². The first-order chi connectivity index (χ1) is 8.26. The van der Waals surface area contributed by atoms with Crippen molar-refractivity contribution in [2.24, 2.45) is 0 Å². The molecule has 90 valence electrons. The summed E-state index contributed by atoms with van der Waals surface area (Å²) in [6.07, 6.45) is 2.40. The minimum absolute atomic E-state index is 0.573. The highest BCUT2D eigenvalue weighted by Crippen LogP contribution is 2.37. The summed E-state index contributed by atoms with van der Waals surface area (Å²) in [6.45, 7) is 3.61. The Kier molecular flexibility index (Phi) is 4.96. The Morgan fingerprint density at radius 2 is 1.71 bits per heavy atom. The van der Waals surface area contributed by atoms with Gasteiger partial charge in [0.25, 0.3) is 0 Å². The molecule has 17 heavy (non-hydrogen) atoms. The first kappa shape index (κ1) is 13.0. The molecule has 0 unspecified atom stereocenters. The van der Waals surface area contributed by atoms with E-state index in [1.165, 1.54) is 0 Å². The maximum Gasteiger partial charge on any atom is 0.203 e. The SMILES string of the molecule is C=CCC#Cc1cc(OC)c(OC)c(OC)c1. The van der Waals surface area contributed by atoms with E-state index in [2.05, 4.69) is 18.4 Å². The fraction of sp³-hybridized carbons (Fsp3) is 0.286. The van der Waals surface area contributed by atoms with Gasteiger partial charge in [0.2, 0.25) is 5.75 Å². The largest absolute Gasteiger partial charge is 0.493 e. The molecule has 1 aromatic carbocycles. The van der Waals surface area contributed by atoms with Gasteiger partial charge in [-0.15, -0.1) is 6.58 Å². The van der Waals surface area contributed by atoms with Crippen molar-refractivity contribution in [3.63, 3.8) is 0 Å². The molecule has 0 spiro atoms. The van der Waals surface area contributed by atoms with Gasteiger partial charge in [0.15, 0.2) is 11.5 Å². The summed E-state index contributed by atoms with van der Waals surface area (Å²) in [7, 11) is 4.74. The second-order valence-electron chi connectivity index (χ2n) is 3.21. The second-order valence-corrected chi connectivity index (χ2v) is 3.21. The van der Waals surface area contributed by atoms with Crippen LogP contribution >= 0.6 is 0 Å². The standard InChI is InChI=1S/C14H16O3/c1-5-6-7-8-11-9-12(15-2)14(17-4)13(10-11)16-3/h5,9-10H,1,6H2,2-4H3. The van der Waals surface area contributed by atoms with Gasteiger partial charge in [-0.2, -0.15) is 0 Å². The topological polar surface area (TPSA) is 27.7 Å². The van der Waals surface area contributed by atoms with E-state index in [-0.39, 0.29) is 0 Å². The molecular formula is C14H16O3. The lowest BCUT2D eigenvalue weighted by molar-refractivity contribution is 0.324. The smallest absolute Gasteiger partial charge is 0.203 e. The van der Waals surface area contributed by atoms with Crippen molar-refractivity contribution in [3.8, 4) is 29.1 Å². The van der Waals surface area contributed by atoms with Crippen LogP contribution in [0.2, 0.25) is 0 Å². The summed E-state index contributed by atoms with van der Waals surface area (Å²) >= 11 is 0. The number of benzene rings is 1. The van der Waals surface area contributed by atoms with Crippen LogP contribution in [0, 0.1) is 11.8 Å². The summed E-state index contributed by atoms with van der Waals surface area (Å²) < 4.78 is 15.7. The van der Waals surface area contributed by atoms with E-state index in [1.807, 2.05) is 12.1 Å². The lowest BCUT2D eigenvalue weighted by Crippen LogP contribution is -1.95. The van der Waals surface area contributed by atoms with Crippen LogP contribution in [-0.2, 0) is 0 Å². The third-order valence-electron chi connectivity index (χ3n) is 2.14. The van der Waals surface area contributed by atoms with E-state index in [1.54, 1.807) is 27.4 Å². The average molecular weight is 232 g/mol. The molecule has 0 bridgehead atoms. The van der Waals surface area contributed by atoms with Gasteiger partial charge in [0, 0.05) is 12.0 Å². The Morgan fingerprint density at radius 3 is 2.12 bits per heavy atom. The summed E-state index contributed by atoms with van der Waals surface area (Å²) in [5.41, 5.74) is 0.821. The lowest BCUT2D eigenvalue weighted by Gasteiger charge is -2.12. The van der Waals surface area contributed by atoms with Gasteiger partial charge in [0.05, 0.1) is 21.3 Å². The minimum Gasteiger partial charge on any atom is -0.493 e. The zero-order valence-electron chi connectivity index (χ0n) is 10.4. The normalized spacial score (nSPS) is 8.88. The zero-order valence-corrected chi connectivity index (χ0v) is 10.4. The third kappa shape index (κ3) is 3.18. The lowest BCUT2D eigenvalue weighted by atomic mass is 10.2. The molecule has 0 radical (unpaired) electrons. The number of ether oxygens (including phenoxy) is 3. The molecule has 1 aromatic rings. The van der Waals surface area contributed by atoms with Crippen molar-refractivity contribution < 1.29 is 14.2 Å². The van der Waals surface area contributed by atoms with Crippen molar-refractivity contribution in [1.29, 1.82) is 0 Å². The highest BCUT2D eigenvalue weighted by Gasteiger charge is 2.11. The van der Waals surface area contributed by atoms with Crippen molar-refractivity contribution in [2.75, 3.05) is 21.3 Å². The maximum atomic E-state index is 5.23. The van der Waals surface area contributed by atoms with Crippen molar-refractivity contribution in [1.82, 2.24) is 0 Å². The quantitative estimate of drug-likeness (QED) is 0.590. The monoisotopic (exact) mass is 232 g/mol. The first-order valence-electron chi connectivity index (χ1n) is 5.16. The van der Waals surface area contributed by atoms with Gasteiger partial charge in [-0.25, -0.2) is 0 Å². The summed E-state index contributed by atoms with van der Waals surface area (Å²) in [5, 5.41) is 0. The highest BCUT2D eigenvalue weighted by molar-refractivity contribution is 5.57. The number of allylic oxidation sites excluding steroid dienone is 1. The molecule has 0 aliphatic rings. The second kappa shape index (κ2) is 6.49. The third-order valence-corrected chi connectivity index (χ3v) is 2.14. The number of methoxy groups -OCH3 is 3. The van der Waals surface area contributed by atoms with E-state index in [9.17, 15) is 0 Å². The fourth-order valence-corrected chi connectivity index (χ4v) is 1.38. The predicted molar refractivity (Wildman–Crippen MR) is 67.8 cm³/mol. The van der Waals surface area contributed by atoms with E-state index in [4.69, 9.17) is 14.2 Å². The molecule has 0 aromatic heterocycles. The molecule has 0 aliphatic heterocycles. The summed E-state index contributed by atoms with van der Waals surface area (Å²) in [4.78, 5) is 0. The van der Waals surface area contributed by atoms with Gasteiger partial charge in [-0.1, -0.05) is 17.9 Å². The molecule has 0 saturated heterocycles. The molecule has 0 amide bonds. The van der Waals surface area contributed by atoms with Gasteiger partial charge >= 0.3 is 0 Å². The van der Waals surface area contributed by atoms with E-state index < -0.39 is 0 Å². The Bertz CT molecular complexity index is 427. The average Bonchev–Trinajstić information content (AvgIpc) is 2.37. The van der Waals surface area contributed by atoms with Crippen molar-refractivity contribution >= 4 is 0 Å². The Hall–Kier alpha value is -2.08. The van der Waals surface area contributed by atoms with Crippen LogP contribution in [0.1, 0.15) is 12.0 Å². The van der Waals surface area contributed by atoms with E-state index in [0.29, 0.717) is 23.7 Å². The highest BCUT2D eigenvalue weighted by atomic mass is 16.5. The fourth-order valence-electron chi connectivity index (χ4n) is 1.38. The molecular weight excluding hydrogens is 216 g/mol. The molecule has 0 heterocycles. The molecule has 0 N–H and O–H groups in total. The van der Waals surface area contributed by atoms with Crippen molar-refractivity contribution in [2.45, 2.75) is 6.42 Å². The molecule has 0 aliphatic carbocycles. The first-order valence-corrected chi connectivity index (χ1v) is 5.16. The van der Waals surface area contributed by atoms with Crippen LogP contribution in [-0.4, -0.2) is 21.3 Å². The van der Waals surface area contributed by atoms with Gasteiger partial charge < -0.3 is 14.2 Å². The summed E-state index contributed by atoms with van der Waals surface area (Å²) in [6, 6.07) is 3.63. The van der Waals surface area contributed by atoms with Crippen LogP contribution in [0.3, 0.4) is 0 Å². The van der Waals surface area contributed by atoms with Crippen molar-refractivity contribution in [3.05, 3.63) is 30.4 Å². The number of hydrogen-bond donors (Lipinski definition) is 0. The Morgan fingerprint density at radius 1 is 1.12 bits per heavy atom. The molecule has 3 nitrogen and oxygen atoms in total. The van der Waals surface area contributed by atoms with Crippen LogP contribution in [0.4, 0.5) is 0 Å². The van der Waals surface area contributed by atoms with Crippen LogP contribution in [0.25, 0.3) is 0 Å². The Labute approximate surface area is 102 Å². The maximum absolute atomic E-state index is 5.23. The van der Waals surface area contributed by atoms with Gasteiger partial charge in [-0.05, 0) is 12.1 Å². The predicted octanol–water partition coefficient (Wildman–Crippen LogP) is 2.64. The minimum atomic E-state index is 0.573. The van der Waals surface area contributed by atoms with E-state index >= 15 is 0 Å². The molecule has 1 rings (SSSR count). The van der Waals surface area contributed by atoms with Gasteiger partial charge in [0.1, 0.15) is 0 Å². The zero-order chi connectivity index (χ0) is 12.7.